The van der Waals surface area contributed by atoms with Crippen LogP contribution in [-0.2, 0) is 10.8 Å². The van der Waals surface area contributed by atoms with Crippen LogP contribution in [0.25, 0.3) is 0 Å². The molecule has 0 aliphatic carbocycles. The number of phenols is 2. The summed E-state index contributed by atoms with van der Waals surface area (Å²) in [4.78, 5) is 2.17. The van der Waals surface area contributed by atoms with E-state index in [4.69, 9.17) is 0 Å². The van der Waals surface area contributed by atoms with Crippen LogP contribution in [0.3, 0.4) is 0 Å². The Morgan fingerprint density at radius 3 is 1.08 bits per heavy atom. The first-order valence-corrected chi connectivity index (χ1v) is 17.9. The van der Waals surface area contributed by atoms with Gasteiger partial charge in [-0.1, -0.05) is 175 Å². The van der Waals surface area contributed by atoms with E-state index in [1.54, 1.807) is 11.8 Å². The lowest BCUT2D eigenvalue weighted by Crippen LogP contribution is -2.20. The summed E-state index contributed by atoms with van der Waals surface area (Å²) < 4.78 is 0. The monoisotopic (exact) mass is 662 g/mol. The van der Waals surface area contributed by atoms with Crippen molar-refractivity contribution < 1.29 is 10.2 Å². The minimum atomic E-state index is -0.440. The highest BCUT2D eigenvalue weighted by molar-refractivity contribution is 7.99. The van der Waals surface area contributed by atoms with Crippen molar-refractivity contribution >= 4 is 11.8 Å². The SMILES string of the molecule is CC(c1ccccc1)c1cc(O)c(C(C)(C)c2ccccc2)cc1Sc1cc(C(C)(C)c2ccccc2)c(O)cc1C(C)c1ccccc1. The van der Waals surface area contributed by atoms with Crippen LogP contribution in [0, 0.1) is 0 Å². The summed E-state index contributed by atoms with van der Waals surface area (Å²) in [6.45, 7) is 13.1. The summed E-state index contributed by atoms with van der Waals surface area (Å²) >= 11 is 1.73. The van der Waals surface area contributed by atoms with Gasteiger partial charge in [0.1, 0.15) is 11.5 Å². The Bertz CT molecular complexity index is 1870. The van der Waals surface area contributed by atoms with Gasteiger partial charge in [-0.05, 0) is 57.6 Å². The summed E-state index contributed by atoms with van der Waals surface area (Å²) in [6, 6.07) is 50.1. The molecule has 0 saturated carbocycles. The first kappa shape index (κ1) is 34.1. The Kier molecular flexibility index (Phi) is 9.77. The zero-order valence-corrected chi connectivity index (χ0v) is 30.1. The molecule has 3 heteroatoms. The summed E-state index contributed by atoms with van der Waals surface area (Å²) in [5.74, 6) is 0.669. The van der Waals surface area contributed by atoms with E-state index in [1.165, 1.54) is 11.1 Å². The highest BCUT2D eigenvalue weighted by atomic mass is 32.2. The molecule has 6 aromatic carbocycles. The molecule has 2 nitrogen and oxygen atoms in total. The van der Waals surface area contributed by atoms with Gasteiger partial charge in [-0.3, -0.25) is 0 Å². The Morgan fingerprint density at radius 2 is 0.755 bits per heavy atom. The molecule has 0 aliphatic heterocycles. The highest BCUT2D eigenvalue weighted by Gasteiger charge is 2.31. The van der Waals surface area contributed by atoms with Crippen molar-refractivity contribution in [2.75, 3.05) is 0 Å². The van der Waals surface area contributed by atoms with Gasteiger partial charge in [0.2, 0.25) is 0 Å². The van der Waals surface area contributed by atoms with Crippen molar-refractivity contribution in [3.8, 4) is 11.5 Å². The molecule has 248 valence electrons. The lowest BCUT2D eigenvalue weighted by Gasteiger charge is -2.30. The van der Waals surface area contributed by atoms with Gasteiger partial charge >= 0.3 is 0 Å². The molecule has 49 heavy (non-hydrogen) atoms. The predicted octanol–water partition coefficient (Wildman–Crippen LogP) is 12.2. The third-order valence-electron chi connectivity index (χ3n) is 10.3. The summed E-state index contributed by atoms with van der Waals surface area (Å²) in [7, 11) is 0. The average Bonchev–Trinajstić information content (AvgIpc) is 3.13. The van der Waals surface area contributed by atoms with Gasteiger partial charge < -0.3 is 10.2 Å². The average molecular weight is 663 g/mol. The second-order valence-electron chi connectivity index (χ2n) is 14.2. The lowest BCUT2D eigenvalue weighted by molar-refractivity contribution is 0.450. The topological polar surface area (TPSA) is 40.5 Å². The van der Waals surface area contributed by atoms with Gasteiger partial charge in [-0.15, -0.1) is 0 Å². The maximum Gasteiger partial charge on any atom is 0.120 e. The second-order valence-corrected chi connectivity index (χ2v) is 15.2. The van der Waals surface area contributed by atoms with Gasteiger partial charge in [-0.2, -0.15) is 0 Å². The number of hydrogen-bond donors (Lipinski definition) is 2. The van der Waals surface area contributed by atoms with E-state index < -0.39 is 10.8 Å². The fourth-order valence-corrected chi connectivity index (χ4v) is 8.30. The van der Waals surface area contributed by atoms with Crippen LogP contribution < -0.4 is 0 Å². The number of phenolic OH excluding ortho intramolecular Hbond substituents is 2. The molecule has 2 atom stereocenters. The van der Waals surface area contributed by atoms with Gasteiger partial charge in [0.25, 0.3) is 0 Å². The van der Waals surface area contributed by atoms with E-state index in [2.05, 4.69) is 151 Å². The minimum Gasteiger partial charge on any atom is -0.508 e. The van der Waals surface area contributed by atoms with E-state index in [0.29, 0.717) is 11.5 Å². The zero-order valence-electron chi connectivity index (χ0n) is 29.3. The number of hydrogen-bond acceptors (Lipinski definition) is 3. The Morgan fingerprint density at radius 1 is 0.449 bits per heavy atom. The lowest BCUT2D eigenvalue weighted by atomic mass is 9.77. The highest BCUT2D eigenvalue weighted by Crippen LogP contribution is 2.49. The van der Waals surface area contributed by atoms with E-state index in [-0.39, 0.29) is 11.8 Å². The molecule has 0 bridgehead atoms. The first-order valence-electron chi connectivity index (χ1n) is 17.1. The van der Waals surface area contributed by atoms with Crippen LogP contribution in [-0.4, -0.2) is 10.2 Å². The van der Waals surface area contributed by atoms with Crippen molar-refractivity contribution in [1.82, 2.24) is 0 Å². The van der Waals surface area contributed by atoms with Gasteiger partial charge in [0, 0.05) is 43.6 Å². The molecule has 6 rings (SSSR count). The smallest absolute Gasteiger partial charge is 0.120 e. The molecule has 2 N–H and O–H groups in total. The minimum absolute atomic E-state index is 0.0378. The molecule has 0 saturated heterocycles. The standard InChI is InChI=1S/C46H46O2S/c1-31(33-19-11-7-12-20-33)37-27-41(47)39(45(3,4)35-23-15-9-16-24-35)29-43(37)49-44-30-40(46(5,6)36-25-17-10-18-26-36)42(48)28-38(44)32(2)34-21-13-8-14-22-34/h7-32,47-48H,1-6H3. The van der Waals surface area contributed by atoms with E-state index in [1.807, 2.05) is 36.4 Å². The molecule has 0 fully saturated rings. The third kappa shape index (κ3) is 6.91. The molecule has 0 aliphatic rings. The molecule has 0 heterocycles. The number of rotatable bonds is 10. The Labute approximate surface area is 296 Å². The van der Waals surface area contributed by atoms with Gasteiger partial charge in [0.15, 0.2) is 0 Å². The molecule has 0 aromatic heterocycles. The van der Waals surface area contributed by atoms with Crippen LogP contribution in [0.4, 0.5) is 0 Å². The van der Waals surface area contributed by atoms with Gasteiger partial charge in [0.05, 0.1) is 0 Å². The van der Waals surface area contributed by atoms with Crippen LogP contribution in [0.1, 0.15) is 97.9 Å². The molecule has 0 radical (unpaired) electrons. The van der Waals surface area contributed by atoms with Crippen LogP contribution >= 0.6 is 11.8 Å². The summed E-state index contributed by atoms with van der Waals surface area (Å²) in [5.41, 5.74) is 7.67. The maximum atomic E-state index is 11.7. The van der Waals surface area contributed by atoms with Crippen molar-refractivity contribution in [2.24, 2.45) is 0 Å². The van der Waals surface area contributed by atoms with Crippen LogP contribution in [0.5, 0.6) is 11.5 Å². The van der Waals surface area contributed by atoms with Crippen molar-refractivity contribution in [2.45, 2.75) is 74.0 Å². The summed E-state index contributed by atoms with van der Waals surface area (Å²) in [6.07, 6.45) is 0. The summed E-state index contributed by atoms with van der Waals surface area (Å²) in [5, 5.41) is 23.5. The van der Waals surface area contributed by atoms with Crippen molar-refractivity contribution in [3.63, 3.8) is 0 Å². The first-order chi connectivity index (χ1) is 23.5. The predicted molar refractivity (Wildman–Crippen MR) is 205 cm³/mol. The molecule has 0 amide bonds. The van der Waals surface area contributed by atoms with Crippen LogP contribution in [0.2, 0.25) is 0 Å². The Balaban J connectivity index is 1.57. The molecule has 2 unspecified atom stereocenters. The van der Waals surface area contributed by atoms with Crippen molar-refractivity contribution in [1.29, 1.82) is 0 Å². The van der Waals surface area contributed by atoms with E-state index in [0.717, 1.165) is 43.2 Å². The quantitative estimate of drug-likeness (QED) is 0.153. The largest absolute Gasteiger partial charge is 0.508 e. The maximum absolute atomic E-state index is 11.7. The van der Waals surface area contributed by atoms with Crippen LogP contribution in [0.15, 0.2) is 155 Å². The van der Waals surface area contributed by atoms with E-state index >= 15 is 0 Å². The molecule has 6 aromatic rings. The number of benzene rings is 6. The van der Waals surface area contributed by atoms with E-state index in [9.17, 15) is 10.2 Å². The van der Waals surface area contributed by atoms with Gasteiger partial charge in [-0.25, -0.2) is 0 Å². The second kappa shape index (κ2) is 14.0. The Hall–Kier alpha value is -4.73. The van der Waals surface area contributed by atoms with Crippen molar-refractivity contribution in [3.05, 3.63) is 190 Å². The third-order valence-corrected chi connectivity index (χ3v) is 11.5. The molecule has 0 spiro atoms. The number of aromatic hydroxyl groups is 2. The fourth-order valence-electron chi connectivity index (χ4n) is 7.01. The normalized spacial score (nSPS) is 13.2. The molecular formula is C46H46O2S. The molecular weight excluding hydrogens is 617 g/mol. The zero-order chi connectivity index (χ0) is 34.8. The fraction of sp³-hybridized carbons (Fsp3) is 0.217.